The van der Waals surface area contributed by atoms with Crippen LogP contribution >= 0.6 is 0 Å². The Morgan fingerprint density at radius 1 is 1.11 bits per heavy atom. The van der Waals surface area contributed by atoms with Crippen molar-refractivity contribution in [3.63, 3.8) is 0 Å². The highest BCUT2D eigenvalue weighted by Gasteiger charge is 2.34. The summed E-state index contributed by atoms with van der Waals surface area (Å²) in [6.45, 7) is 2.18. The first-order valence-electron chi connectivity index (χ1n) is 12.5. The normalized spacial score (nSPS) is 19.1. The van der Waals surface area contributed by atoms with Gasteiger partial charge in [-0.3, -0.25) is 4.79 Å². The molecule has 0 radical (unpaired) electrons. The number of H-pyrrole nitrogens is 1. The Bertz CT molecular complexity index is 1210. The maximum Gasteiger partial charge on any atom is 0.416 e. The van der Waals surface area contributed by atoms with Gasteiger partial charge >= 0.3 is 12.1 Å². The van der Waals surface area contributed by atoms with Gasteiger partial charge < -0.3 is 14.5 Å². The third kappa shape index (κ3) is 4.91. The Morgan fingerprint density at radius 3 is 2.66 bits per heavy atom. The summed E-state index contributed by atoms with van der Waals surface area (Å²) in [5, 5.41) is 1.05. The van der Waals surface area contributed by atoms with Gasteiger partial charge in [0.05, 0.1) is 18.6 Å². The number of carbonyl (C=O) groups excluding carboxylic acids is 1. The number of aromatic nitrogens is 1. The Balaban J connectivity index is 1.43. The topological polar surface area (TPSA) is 51.3 Å². The van der Waals surface area contributed by atoms with Crippen LogP contribution in [-0.4, -0.2) is 17.6 Å². The summed E-state index contributed by atoms with van der Waals surface area (Å²) in [4.78, 5) is 15.5. The maximum absolute atomic E-state index is 13.4. The Labute approximate surface area is 202 Å². The lowest BCUT2D eigenvalue weighted by molar-refractivity contribution is -0.143. The fraction of sp³-hybridized carbons (Fsp3) is 0.464. The first kappa shape index (κ1) is 23.8. The van der Waals surface area contributed by atoms with Crippen LogP contribution in [0.1, 0.15) is 79.9 Å². The number of hydrogen-bond donors (Lipinski definition) is 1. The van der Waals surface area contributed by atoms with E-state index in [4.69, 9.17) is 9.47 Å². The van der Waals surface area contributed by atoms with Crippen LogP contribution in [0.25, 0.3) is 10.9 Å². The first-order valence-corrected chi connectivity index (χ1v) is 12.5. The third-order valence-electron chi connectivity index (χ3n) is 7.41. The van der Waals surface area contributed by atoms with Crippen molar-refractivity contribution in [2.45, 2.75) is 70.1 Å². The summed E-state index contributed by atoms with van der Waals surface area (Å²) >= 11 is 0. The Kier molecular flexibility index (Phi) is 6.51. The molecule has 0 bridgehead atoms. The number of benzene rings is 2. The van der Waals surface area contributed by atoms with E-state index in [2.05, 4.69) is 4.98 Å². The molecule has 1 heterocycles. The van der Waals surface area contributed by atoms with Crippen LogP contribution < -0.4 is 4.74 Å². The number of aryl methyl sites for hydroxylation is 1. The van der Waals surface area contributed by atoms with Crippen molar-refractivity contribution in [3.05, 3.63) is 64.8 Å². The highest BCUT2D eigenvalue weighted by Crippen LogP contribution is 2.43. The first-order chi connectivity index (χ1) is 16.8. The van der Waals surface area contributed by atoms with Crippen molar-refractivity contribution >= 4 is 16.9 Å². The van der Waals surface area contributed by atoms with Crippen LogP contribution in [0.3, 0.4) is 0 Å². The molecule has 1 N–H and O–H groups in total. The number of carbonyl (C=O) groups is 1. The van der Waals surface area contributed by atoms with Crippen LogP contribution in [0.2, 0.25) is 0 Å². The van der Waals surface area contributed by atoms with Crippen LogP contribution in [0.15, 0.2) is 42.5 Å². The number of fused-ring (bicyclic) bond motifs is 3. The van der Waals surface area contributed by atoms with E-state index in [0.29, 0.717) is 24.3 Å². The second kappa shape index (κ2) is 9.59. The molecule has 2 aromatic carbocycles. The number of ether oxygens (including phenoxy) is 2. The predicted octanol–water partition coefficient (Wildman–Crippen LogP) is 7.48. The van der Waals surface area contributed by atoms with Gasteiger partial charge in [-0.05, 0) is 74.1 Å². The maximum atomic E-state index is 13.4. The van der Waals surface area contributed by atoms with Gasteiger partial charge in [0.1, 0.15) is 11.9 Å². The zero-order valence-electron chi connectivity index (χ0n) is 19.8. The number of nitrogens with one attached hydrogen (secondary N) is 1. The van der Waals surface area contributed by atoms with Crippen LogP contribution in [0.5, 0.6) is 5.75 Å². The van der Waals surface area contributed by atoms with Gasteiger partial charge in [-0.2, -0.15) is 13.2 Å². The van der Waals surface area contributed by atoms with E-state index in [1.54, 1.807) is 13.0 Å². The Morgan fingerprint density at radius 2 is 1.91 bits per heavy atom. The molecule has 35 heavy (non-hydrogen) atoms. The van der Waals surface area contributed by atoms with Crippen molar-refractivity contribution in [2.75, 3.05) is 6.61 Å². The van der Waals surface area contributed by atoms with Crippen molar-refractivity contribution in [3.8, 4) is 5.75 Å². The molecule has 0 aliphatic heterocycles. The summed E-state index contributed by atoms with van der Waals surface area (Å²) in [6.07, 6.45) is 1.30. The summed E-state index contributed by atoms with van der Waals surface area (Å²) in [5.41, 5.74) is 3.17. The quantitative estimate of drug-likeness (QED) is 0.353. The molecule has 2 aliphatic rings. The zero-order valence-corrected chi connectivity index (χ0v) is 19.8. The number of alkyl halides is 3. The average Bonchev–Trinajstić information content (AvgIpc) is 3.56. The minimum Gasteiger partial charge on any atom is -0.485 e. The van der Waals surface area contributed by atoms with E-state index < -0.39 is 17.8 Å². The van der Waals surface area contributed by atoms with Crippen molar-refractivity contribution in [2.24, 2.45) is 5.92 Å². The van der Waals surface area contributed by atoms with Crippen molar-refractivity contribution < 1.29 is 27.4 Å². The second-order valence-electron chi connectivity index (χ2n) is 9.68. The van der Waals surface area contributed by atoms with Crippen molar-refractivity contribution in [1.82, 2.24) is 4.98 Å². The molecular formula is C28H30F3NO3. The lowest BCUT2D eigenvalue weighted by Gasteiger charge is -2.26. The fourth-order valence-corrected chi connectivity index (χ4v) is 5.76. The second-order valence-corrected chi connectivity index (χ2v) is 9.68. The molecule has 0 amide bonds. The molecule has 5 rings (SSSR count). The van der Waals surface area contributed by atoms with Crippen LogP contribution in [0, 0.1) is 5.92 Å². The summed E-state index contributed by atoms with van der Waals surface area (Å²) in [6, 6.07) is 11.4. The standard InChI is InChI=1S/C28H30F3NO3/c1-2-34-25(33)15-18-10-12-22-23-16-21(11-13-24(23)32-26(18)22)35-27(17-6-3-4-7-17)19-8-5-9-20(14-19)28(29,30)31/h5,8-9,11,13-14,16-18,27,32H,2-4,6-7,10,12,15H2,1H3. The fourth-order valence-electron chi connectivity index (χ4n) is 5.76. The van der Waals surface area contributed by atoms with E-state index in [9.17, 15) is 18.0 Å². The van der Waals surface area contributed by atoms with E-state index >= 15 is 0 Å². The van der Waals surface area contributed by atoms with E-state index in [1.165, 1.54) is 17.7 Å². The molecule has 1 saturated carbocycles. The van der Waals surface area contributed by atoms with E-state index in [-0.39, 0.29) is 17.8 Å². The largest absolute Gasteiger partial charge is 0.485 e. The zero-order chi connectivity index (χ0) is 24.6. The third-order valence-corrected chi connectivity index (χ3v) is 7.41. The van der Waals surface area contributed by atoms with Gasteiger partial charge in [0.2, 0.25) is 0 Å². The number of esters is 1. The molecule has 1 aromatic heterocycles. The van der Waals surface area contributed by atoms with Gasteiger partial charge in [0.25, 0.3) is 0 Å². The molecule has 0 saturated heterocycles. The van der Waals surface area contributed by atoms with Gasteiger partial charge in [0.15, 0.2) is 0 Å². The van der Waals surface area contributed by atoms with Gasteiger partial charge in [0, 0.05) is 28.4 Å². The molecule has 2 atom stereocenters. The summed E-state index contributed by atoms with van der Waals surface area (Å²) in [7, 11) is 0. The number of rotatable bonds is 7. The molecule has 186 valence electrons. The SMILES string of the molecule is CCOC(=O)CC1CCc2c1[nH]c1ccc(OC(c3cccc(C(F)(F)F)c3)C3CCCC3)cc21. The lowest BCUT2D eigenvalue weighted by atomic mass is 9.93. The molecule has 1 fully saturated rings. The molecular weight excluding hydrogens is 455 g/mol. The van der Waals surface area contributed by atoms with Crippen molar-refractivity contribution in [1.29, 1.82) is 0 Å². The lowest BCUT2D eigenvalue weighted by Crippen LogP contribution is -2.18. The minimum absolute atomic E-state index is 0.108. The Hall–Kier alpha value is -2.96. The molecule has 2 unspecified atom stereocenters. The molecule has 0 spiro atoms. The van der Waals surface area contributed by atoms with E-state index in [0.717, 1.165) is 61.2 Å². The number of halogens is 3. The summed E-state index contributed by atoms with van der Waals surface area (Å²) in [5.74, 6) is 0.758. The number of hydrogen-bond acceptors (Lipinski definition) is 3. The summed E-state index contributed by atoms with van der Waals surface area (Å²) < 4.78 is 51.7. The highest BCUT2D eigenvalue weighted by molar-refractivity contribution is 5.87. The van der Waals surface area contributed by atoms with Gasteiger partial charge in [-0.15, -0.1) is 0 Å². The molecule has 4 nitrogen and oxygen atoms in total. The molecule has 3 aromatic rings. The van der Waals surface area contributed by atoms with Crippen LogP contribution in [-0.2, 0) is 22.1 Å². The van der Waals surface area contributed by atoms with Gasteiger partial charge in [-0.1, -0.05) is 25.0 Å². The molecule has 7 heteroatoms. The minimum atomic E-state index is -4.39. The number of aromatic amines is 1. The molecule has 2 aliphatic carbocycles. The smallest absolute Gasteiger partial charge is 0.416 e. The average molecular weight is 486 g/mol. The predicted molar refractivity (Wildman–Crippen MR) is 127 cm³/mol. The van der Waals surface area contributed by atoms with Gasteiger partial charge in [-0.25, -0.2) is 0 Å². The highest BCUT2D eigenvalue weighted by atomic mass is 19.4. The monoisotopic (exact) mass is 485 g/mol. The van der Waals surface area contributed by atoms with E-state index in [1.807, 2.05) is 18.2 Å². The van der Waals surface area contributed by atoms with Crippen LogP contribution in [0.4, 0.5) is 13.2 Å².